The Hall–Kier alpha value is -2.06. The Kier molecular flexibility index (Phi) is 8.11. The van der Waals surface area contributed by atoms with Crippen molar-refractivity contribution in [1.29, 1.82) is 0 Å². The van der Waals surface area contributed by atoms with E-state index in [1.807, 2.05) is 28.9 Å². The van der Waals surface area contributed by atoms with Crippen molar-refractivity contribution in [2.24, 2.45) is 0 Å². The van der Waals surface area contributed by atoms with Gasteiger partial charge in [0.2, 0.25) is 10.0 Å². The van der Waals surface area contributed by atoms with Crippen molar-refractivity contribution in [2.45, 2.75) is 57.0 Å². The van der Waals surface area contributed by atoms with E-state index in [0.717, 1.165) is 61.1 Å². The second-order valence-electron chi connectivity index (χ2n) is 8.83. The quantitative estimate of drug-likeness (QED) is 0.284. The van der Waals surface area contributed by atoms with Gasteiger partial charge in [-0.05, 0) is 57.0 Å². The second kappa shape index (κ2) is 10.9. The van der Waals surface area contributed by atoms with Crippen LogP contribution in [-0.2, 0) is 16.6 Å². The predicted octanol–water partition coefficient (Wildman–Crippen LogP) is 6.36. The Bertz CT molecular complexity index is 1290. The zero-order valence-electron chi connectivity index (χ0n) is 20.3. The Labute approximate surface area is 218 Å². The standard InChI is InChI=1S/C26H32Cl2N4O2S/c1-4-16-32(19-10-7-8-11-19)35(33,34)20-14-15-25-21(17-20)26(30(5-2)6-3)29-31(25)18-22-23(27)12-9-13-24(22)28/h4,9,12-15,17,19H,1,5-8,10-11,16,18H2,2-3H3. The third-order valence-corrected chi connectivity index (χ3v) is 9.41. The summed E-state index contributed by atoms with van der Waals surface area (Å²) in [6, 6.07) is 10.7. The van der Waals surface area contributed by atoms with Gasteiger partial charge >= 0.3 is 0 Å². The number of benzene rings is 2. The molecule has 0 N–H and O–H groups in total. The van der Waals surface area contributed by atoms with Gasteiger partial charge in [-0.1, -0.05) is 48.2 Å². The Balaban J connectivity index is 1.83. The minimum absolute atomic E-state index is 0.0148. The minimum atomic E-state index is -3.69. The molecule has 0 atom stereocenters. The average Bonchev–Trinajstić information content (AvgIpc) is 3.49. The van der Waals surface area contributed by atoms with E-state index in [-0.39, 0.29) is 10.9 Å². The molecule has 1 aliphatic carbocycles. The zero-order chi connectivity index (χ0) is 25.2. The summed E-state index contributed by atoms with van der Waals surface area (Å²) in [5.74, 6) is 0.751. The molecule has 6 nitrogen and oxygen atoms in total. The van der Waals surface area contributed by atoms with E-state index >= 15 is 0 Å². The Morgan fingerprint density at radius 1 is 1.11 bits per heavy atom. The molecule has 0 unspecified atom stereocenters. The van der Waals surface area contributed by atoms with Crippen LogP contribution >= 0.6 is 23.2 Å². The van der Waals surface area contributed by atoms with Gasteiger partial charge < -0.3 is 4.90 Å². The van der Waals surface area contributed by atoms with Gasteiger partial charge in [-0.3, -0.25) is 4.68 Å². The molecule has 1 aromatic heterocycles. The summed E-state index contributed by atoms with van der Waals surface area (Å²) in [6.07, 6.45) is 5.54. The van der Waals surface area contributed by atoms with Crippen LogP contribution < -0.4 is 4.90 Å². The molecule has 9 heteroatoms. The summed E-state index contributed by atoms with van der Waals surface area (Å²) in [7, 11) is -3.69. The fourth-order valence-electron chi connectivity index (χ4n) is 4.91. The topological polar surface area (TPSA) is 58.4 Å². The van der Waals surface area contributed by atoms with Crippen molar-refractivity contribution in [3.63, 3.8) is 0 Å². The summed E-state index contributed by atoms with van der Waals surface area (Å²) >= 11 is 12.9. The summed E-state index contributed by atoms with van der Waals surface area (Å²) in [5, 5.41) is 6.83. The lowest BCUT2D eigenvalue weighted by Crippen LogP contribution is -2.38. The molecule has 3 aromatic rings. The van der Waals surface area contributed by atoms with Gasteiger partial charge in [0.05, 0.1) is 17.0 Å². The maximum atomic E-state index is 13.8. The first kappa shape index (κ1) is 26.0. The third-order valence-electron chi connectivity index (χ3n) is 6.78. The third kappa shape index (κ3) is 5.10. The molecular formula is C26H32Cl2N4O2S. The summed E-state index contributed by atoms with van der Waals surface area (Å²) < 4.78 is 31.0. The second-order valence-corrected chi connectivity index (χ2v) is 11.5. The monoisotopic (exact) mass is 534 g/mol. The molecule has 4 rings (SSSR count). The highest BCUT2D eigenvalue weighted by Crippen LogP contribution is 2.34. The number of sulfonamides is 1. The van der Waals surface area contributed by atoms with Gasteiger partial charge in [0, 0.05) is 46.7 Å². The molecule has 35 heavy (non-hydrogen) atoms. The lowest BCUT2D eigenvalue weighted by molar-refractivity contribution is 0.347. The van der Waals surface area contributed by atoms with Crippen molar-refractivity contribution in [3.8, 4) is 0 Å². The van der Waals surface area contributed by atoms with Crippen LogP contribution in [0.2, 0.25) is 10.0 Å². The predicted molar refractivity (Wildman–Crippen MR) is 145 cm³/mol. The normalized spacial score (nSPS) is 14.8. The fraction of sp³-hybridized carbons (Fsp3) is 0.423. The molecule has 0 bridgehead atoms. The van der Waals surface area contributed by atoms with E-state index in [0.29, 0.717) is 23.1 Å². The number of fused-ring (bicyclic) bond motifs is 1. The molecule has 0 aliphatic heterocycles. The number of anilines is 1. The van der Waals surface area contributed by atoms with Crippen LogP contribution in [0.3, 0.4) is 0 Å². The molecule has 1 fully saturated rings. The summed E-state index contributed by atoms with van der Waals surface area (Å²) in [4.78, 5) is 2.41. The van der Waals surface area contributed by atoms with Crippen molar-refractivity contribution in [3.05, 3.63) is 64.7 Å². The first-order chi connectivity index (χ1) is 16.8. The maximum absolute atomic E-state index is 13.8. The van der Waals surface area contributed by atoms with E-state index in [1.165, 1.54) is 0 Å². The van der Waals surface area contributed by atoms with Gasteiger partial charge in [0.1, 0.15) is 0 Å². The smallest absolute Gasteiger partial charge is 0.243 e. The van der Waals surface area contributed by atoms with Crippen LogP contribution in [0.15, 0.2) is 53.9 Å². The number of rotatable bonds is 10. The summed E-state index contributed by atoms with van der Waals surface area (Å²) in [6.45, 7) is 10.1. The van der Waals surface area contributed by atoms with Gasteiger partial charge in [-0.15, -0.1) is 6.58 Å². The van der Waals surface area contributed by atoms with Gasteiger partial charge in [-0.25, -0.2) is 8.42 Å². The number of halogens is 2. The Morgan fingerprint density at radius 2 is 1.77 bits per heavy atom. The molecule has 188 valence electrons. The SMILES string of the molecule is C=CCN(C1CCCC1)S(=O)(=O)c1ccc2c(c1)c(N(CC)CC)nn2Cc1c(Cl)cccc1Cl. The summed E-state index contributed by atoms with van der Waals surface area (Å²) in [5.41, 5.74) is 1.61. The van der Waals surface area contributed by atoms with E-state index in [1.54, 1.807) is 22.5 Å². The van der Waals surface area contributed by atoms with Crippen molar-refractivity contribution < 1.29 is 8.42 Å². The highest BCUT2D eigenvalue weighted by molar-refractivity contribution is 7.89. The first-order valence-electron chi connectivity index (χ1n) is 12.1. The highest BCUT2D eigenvalue weighted by Gasteiger charge is 2.33. The van der Waals surface area contributed by atoms with Crippen LogP contribution in [-0.4, -0.2) is 48.2 Å². The van der Waals surface area contributed by atoms with Crippen LogP contribution in [0.5, 0.6) is 0 Å². The van der Waals surface area contributed by atoms with Crippen LogP contribution in [0.1, 0.15) is 45.1 Å². The molecule has 0 spiro atoms. The van der Waals surface area contributed by atoms with E-state index < -0.39 is 10.0 Å². The molecule has 1 heterocycles. The fourth-order valence-corrected chi connectivity index (χ4v) is 7.11. The molecule has 1 aliphatic rings. The van der Waals surface area contributed by atoms with E-state index in [9.17, 15) is 8.42 Å². The van der Waals surface area contributed by atoms with Crippen LogP contribution in [0.25, 0.3) is 10.9 Å². The van der Waals surface area contributed by atoms with Gasteiger partial charge in [0.25, 0.3) is 0 Å². The zero-order valence-corrected chi connectivity index (χ0v) is 22.6. The maximum Gasteiger partial charge on any atom is 0.243 e. The molecular weight excluding hydrogens is 503 g/mol. The van der Waals surface area contributed by atoms with Crippen LogP contribution in [0.4, 0.5) is 5.82 Å². The van der Waals surface area contributed by atoms with Crippen molar-refractivity contribution in [1.82, 2.24) is 14.1 Å². The van der Waals surface area contributed by atoms with E-state index in [2.05, 4.69) is 25.3 Å². The molecule has 0 saturated heterocycles. The average molecular weight is 536 g/mol. The Morgan fingerprint density at radius 3 is 2.37 bits per heavy atom. The van der Waals surface area contributed by atoms with Gasteiger partial charge in [0.15, 0.2) is 5.82 Å². The minimum Gasteiger partial charge on any atom is -0.355 e. The molecule has 0 radical (unpaired) electrons. The molecule has 0 amide bonds. The number of hydrogen-bond acceptors (Lipinski definition) is 4. The lowest BCUT2D eigenvalue weighted by Gasteiger charge is -2.27. The molecule has 1 saturated carbocycles. The number of aromatic nitrogens is 2. The number of nitrogens with zero attached hydrogens (tertiary/aromatic N) is 4. The van der Waals surface area contributed by atoms with Gasteiger partial charge in [-0.2, -0.15) is 9.40 Å². The van der Waals surface area contributed by atoms with E-state index in [4.69, 9.17) is 28.3 Å². The first-order valence-corrected chi connectivity index (χ1v) is 14.3. The van der Waals surface area contributed by atoms with Crippen molar-refractivity contribution in [2.75, 3.05) is 24.5 Å². The molecule has 2 aromatic carbocycles. The highest BCUT2D eigenvalue weighted by atomic mass is 35.5. The largest absolute Gasteiger partial charge is 0.355 e. The lowest BCUT2D eigenvalue weighted by atomic mass is 10.2. The number of hydrogen-bond donors (Lipinski definition) is 0. The van der Waals surface area contributed by atoms with Crippen LogP contribution in [0, 0.1) is 0 Å². The van der Waals surface area contributed by atoms with Crippen molar-refractivity contribution >= 4 is 49.9 Å².